The van der Waals surface area contributed by atoms with Crippen LogP contribution in [0.25, 0.3) is 0 Å². The fourth-order valence-electron chi connectivity index (χ4n) is 3.45. The van der Waals surface area contributed by atoms with Gasteiger partial charge in [-0.05, 0) is 54.9 Å². The van der Waals surface area contributed by atoms with Crippen molar-refractivity contribution >= 4 is 0 Å². The Labute approximate surface area is 155 Å². The van der Waals surface area contributed by atoms with Gasteiger partial charge < -0.3 is 4.90 Å². The van der Waals surface area contributed by atoms with E-state index in [1.807, 2.05) is 16.8 Å². The topological polar surface area (TPSA) is 50.1 Å². The molecule has 2 aromatic rings. The number of aromatic nitrogens is 4. The van der Waals surface area contributed by atoms with E-state index in [1.165, 1.54) is 12.1 Å². The lowest BCUT2D eigenvalue weighted by atomic mass is 9.99. The number of tetrazole rings is 1. The van der Waals surface area contributed by atoms with Crippen LogP contribution in [0.1, 0.15) is 51.5 Å². The first-order valence-electron chi connectivity index (χ1n) is 9.47. The molecule has 1 aromatic heterocycles. The summed E-state index contributed by atoms with van der Waals surface area (Å²) in [4.78, 5) is 4.85. The van der Waals surface area contributed by atoms with Gasteiger partial charge in [0, 0.05) is 26.2 Å². The zero-order valence-electron chi connectivity index (χ0n) is 16.2. The van der Waals surface area contributed by atoms with Crippen molar-refractivity contribution in [2.75, 3.05) is 32.7 Å². The van der Waals surface area contributed by atoms with Crippen molar-refractivity contribution in [2.24, 2.45) is 0 Å². The molecule has 1 aliphatic rings. The van der Waals surface area contributed by atoms with E-state index >= 15 is 0 Å². The number of nitrogens with zero attached hydrogens (tertiary/aromatic N) is 6. The number of halogens is 1. The second-order valence-corrected chi connectivity index (χ2v) is 7.54. The van der Waals surface area contributed by atoms with E-state index in [2.05, 4.69) is 53.0 Å². The lowest BCUT2D eigenvalue weighted by Crippen LogP contribution is -2.48. The van der Waals surface area contributed by atoms with Crippen LogP contribution in [-0.2, 0) is 5.54 Å². The van der Waals surface area contributed by atoms with E-state index in [-0.39, 0.29) is 17.4 Å². The average Bonchev–Trinajstić information content (AvgIpc) is 3.14. The molecule has 3 rings (SSSR count). The Kier molecular flexibility index (Phi) is 5.67. The Hall–Kier alpha value is -1.86. The lowest BCUT2D eigenvalue weighted by Gasteiger charge is -2.39. The highest BCUT2D eigenvalue weighted by atomic mass is 19.1. The quantitative estimate of drug-likeness (QED) is 0.793. The normalized spacial score (nSPS) is 18.2. The number of hydrogen-bond acceptors (Lipinski definition) is 5. The van der Waals surface area contributed by atoms with Crippen LogP contribution in [-0.4, -0.2) is 62.7 Å². The third-order valence-electron chi connectivity index (χ3n) is 5.58. The van der Waals surface area contributed by atoms with E-state index in [9.17, 15) is 4.39 Å². The first-order valence-corrected chi connectivity index (χ1v) is 9.47. The summed E-state index contributed by atoms with van der Waals surface area (Å²) in [6, 6.07) is 6.66. The van der Waals surface area contributed by atoms with E-state index in [0.717, 1.165) is 50.5 Å². The molecule has 0 aliphatic carbocycles. The number of likely N-dealkylation sites (N-methyl/N-ethyl adjacent to an activating group) is 1. The SMILES string of the molecule is CCN1CCN([C@@H](c2ccc(F)cc2)c2nnnn2C(C)(C)CC)CC1. The molecule has 26 heavy (non-hydrogen) atoms. The summed E-state index contributed by atoms with van der Waals surface area (Å²) in [6.45, 7) is 13.6. The van der Waals surface area contributed by atoms with Crippen molar-refractivity contribution in [3.8, 4) is 0 Å². The van der Waals surface area contributed by atoms with Gasteiger partial charge in [0.15, 0.2) is 5.82 Å². The van der Waals surface area contributed by atoms with Gasteiger partial charge in [0.1, 0.15) is 5.82 Å². The minimum absolute atomic E-state index is 0.0737. The molecule has 0 bridgehead atoms. The maximum atomic E-state index is 13.5. The second-order valence-electron chi connectivity index (χ2n) is 7.54. The molecule has 0 radical (unpaired) electrons. The third kappa shape index (κ3) is 3.78. The molecule has 0 saturated carbocycles. The van der Waals surface area contributed by atoms with Gasteiger partial charge in [-0.25, -0.2) is 9.07 Å². The van der Waals surface area contributed by atoms with E-state index in [4.69, 9.17) is 0 Å². The molecule has 0 amide bonds. The first kappa shape index (κ1) is 18.9. The van der Waals surface area contributed by atoms with Crippen LogP contribution < -0.4 is 0 Å². The molecule has 1 saturated heterocycles. The Balaban J connectivity index is 1.99. The number of benzene rings is 1. The maximum absolute atomic E-state index is 13.5. The number of hydrogen-bond donors (Lipinski definition) is 0. The minimum atomic E-state index is -0.225. The van der Waals surface area contributed by atoms with Gasteiger partial charge in [-0.15, -0.1) is 5.10 Å². The molecule has 2 heterocycles. The van der Waals surface area contributed by atoms with Crippen LogP contribution in [0.2, 0.25) is 0 Å². The summed E-state index contributed by atoms with van der Waals surface area (Å²) >= 11 is 0. The summed E-state index contributed by atoms with van der Waals surface area (Å²) in [5.74, 6) is 0.602. The standard InChI is InChI=1S/C19H29FN6/c1-5-19(3,4)26-18(21-22-23-26)17(15-7-9-16(20)10-8-15)25-13-11-24(6-2)12-14-25/h7-10,17H,5-6,11-14H2,1-4H3/t17-/m0/s1. The molecule has 0 N–H and O–H groups in total. The monoisotopic (exact) mass is 360 g/mol. The molecular formula is C19H29FN6. The molecule has 6 nitrogen and oxygen atoms in total. The predicted octanol–water partition coefficient (Wildman–Crippen LogP) is 2.68. The molecular weight excluding hydrogens is 331 g/mol. The van der Waals surface area contributed by atoms with E-state index in [0.29, 0.717) is 0 Å². The molecule has 1 atom stereocenters. The third-order valence-corrected chi connectivity index (χ3v) is 5.58. The van der Waals surface area contributed by atoms with Crippen molar-refractivity contribution in [1.82, 2.24) is 30.0 Å². The van der Waals surface area contributed by atoms with Crippen molar-refractivity contribution < 1.29 is 4.39 Å². The Morgan fingerprint density at radius 1 is 1.08 bits per heavy atom. The minimum Gasteiger partial charge on any atom is -0.301 e. The van der Waals surface area contributed by atoms with Gasteiger partial charge in [-0.1, -0.05) is 26.0 Å². The summed E-state index contributed by atoms with van der Waals surface area (Å²) in [7, 11) is 0. The van der Waals surface area contributed by atoms with Crippen LogP contribution >= 0.6 is 0 Å². The lowest BCUT2D eigenvalue weighted by molar-refractivity contribution is 0.105. The molecule has 7 heteroatoms. The Morgan fingerprint density at radius 3 is 2.31 bits per heavy atom. The van der Waals surface area contributed by atoms with Gasteiger partial charge in [-0.3, -0.25) is 4.90 Å². The largest absolute Gasteiger partial charge is 0.301 e. The molecule has 0 unspecified atom stereocenters. The summed E-state index contributed by atoms with van der Waals surface area (Å²) in [5.41, 5.74) is 0.849. The fraction of sp³-hybridized carbons (Fsp3) is 0.632. The van der Waals surface area contributed by atoms with Crippen molar-refractivity contribution in [2.45, 2.75) is 45.7 Å². The van der Waals surface area contributed by atoms with Crippen molar-refractivity contribution in [3.05, 3.63) is 41.5 Å². The number of piperazine rings is 1. The maximum Gasteiger partial charge on any atom is 0.173 e. The van der Waals surface area contributed by atoms with Gasteiger partial charge in [0.2, 0.25) is 0 Å². The van der Waals surface area contributed by atoms with Gasteiger partial charge in [0.25, 0.3) is 0 Å². The van der Waals surface area contributed by atoms with Crippen LogP contribution in [0, 0.1) is 5.82 Å². The highest BCUT2D eigenvalue weighted by Crippen LogP contribution is 2.31. The van der Waals surface area contributed by atoms with Crippen LogP contribution in [0.5, 0.6) is 0 Å². The Bertz CT molecular complexity index is 703. The molecule has 1 aromatic carbocycles. The zero-order chi connectivity index (χ0) is 18.7. The molecule has 1 aliphatic heterocycles. The summed E-state index contributed by atoms with van der Waals surface area (Å²) < 4.78 is 15.4. The molecule has 1 fully saturated rings. The highest BCUT2D eigenvalue weighted by Gasteiger charge is 2.33. The van der Waals surface area contributed by atoms with E-state index < -0.39 is 0 Å². The van der Waals surface area contributed by atoms with Crippen molar-refractivity contribution in [1.29, 1.82) is 0 Å². The number of rotatable bonds is 6. The smallest absolute Gasteiger partial charge is 0.173 e. The first-order chi connectivity index (χ1) is 12.5. The van der Waals surface area contributed by atoms with Crippen LogP contribution in [0.3, 0.4) is 0 Å². The average molecular weight is 360 g/mol. The van der Waals surface area contributed by atoms with Crippen molar-refractivity contribution in [3.63, 3.8) is 0 Å². The van der Waals surface area contributed by atoms with Gasteiger partial charge in [-0.2, -0.15) is 0 Å². The van der Waals surface area contributed by atoms with E-state index in [1.54, 1.807) is 0 Å². The predicted molar refractivity (Wildman–Crippen MR) is 99.4 cm³/mol. The van der Waals surface area contributed by atoms with Gasteiger partial charge in [0.05, 0.1) is 11.6 Å². The fourth-order valence-corrected chi connectivity index (χ4v) is 3.45. The molecule has 0 spiro atoms. The summed E-state index contributed by atoms with van der Waals surface area (Å²) in [5, 5.41) is 12.7. The second kappa shape index (κ2) is 7.80. The zero-order valence-corrected chi connectivity index (χ0v) is 16.2. The van der Waals surface area contributed by atoms with Gasteiger partial charge >= 0.3 is 0 Å². The van der Waals surface area contributed by atoms with Crippen LogP contribution in [0.15, 0.2) is 24.3 Å². The molecule has 142 valence electrons. The highest BCUT2D eigenvalue weighted by molar-refractivity contribution is 5.26. The Morgan fingerprint density at radius 2 is 1.73 bits per heavy atom. The summed E-state index contributed by atoms with van der Waals surface area (Å²) in [6.07, 6.45) is 0.921. The van der Waals surface area contributed by atoms with Crippen LogP contribution in [0.4, 0.5) is 4.39 Å².